The van der Waals surface area contributed by atoms with Crippen molar-refractivity contribution >= 4 is 35.5 Å². The highest BCUT2D eigenvalue weighted by Crippen LogP contribution is 2.37. The Labute approximate surface area is 164 Å². The summed E-state index contributed by atoms with van der Waals surface area (Å²) in [5.74, 6) is -1.47. The van der Waals surface area contributed by atoms with Gasteiger partial charge in [0.2, 0.25) is 0 Å². The van der Waals surface area contributed by atoms with E-state index >= 15 is 0 Å². The molecule has 0 bridgehead atoms. The zero-order valence-electron chi connectivity index (χ0n) is 14.5. The lowest BCUT2D eigenvalue weighted by atomic mass is 10.1. The molecule has 2 N–H and O–H groups in total. The fraction of sp³-hybridized carbons (Fsp3) is 0.105. The van der Waals surface area contributed by atoms with Crippen LogP contribution < -0.4 is 20.1 Å². The first-order valence-corrected chi connectivity index (χ1v) is 8.38. The number of methoxy groups -OCH3 is 1. The van der Waals surface area contributed by atoms with E-state index in [2.05, 4.69) is 0 Å². The monoisotopic (exact) mass is 404 g/mol. The fourth-order valence-corrected chi connectivity index (χ4v) is 2.75. The fourth-order valence-electron chi connectivity index (χ4n) is 2.47. The van der Waals surface area contributed by atoms with Crippen LogP contribution in [0.3, 0.4) is 0 Å². The van der Waals surface area contributed by atoms with Gasteiger partial charge in [0.25, 0.3) is 11.8 Å². The van der Waals surface area contributed by atoms with Crippen LogP contribution in [-0.2, 0) is 16.2 Å². The predicted molar refractivity (Wildman–Crippen MR) is 98.4 cm³/mol. The number of carbonyl (C=O) groups excluding carboxylic acids is 3. The van der Waals surface area contributed by atoms with Gasteiger partial charge >= 0.3 is 6.03 Å². The van der Waals surface area contributed by atoms with Crippen molar-refractivity contribution in [2.75, 3.05) is 7.11 Å². The average molecular weight is 405 g/mol. The lowest BCUT2D eigenvalue weighted by Gasteiger charge is -2.15. The van der Waals surface area contributed by atoms with Gasteiger partial charge in [-0.25, -0.2) is 9.18 Å². The molecule has 0 saturated carbocycles. The summed E-state index contributed by atoms with van der Waals surface area (Å²) in [7, 11) is 1.41. The minimum absolute atomic E-state index is 0.129. The summed E-state index contributed by atoms with van der Waals surface area (Å²) in [6.45, 7) is 0.129. The van der Waals surface area contributed by atoms with Crippen LogP contribution in [0.1, 0.15) is 11.1 Å². The van der Waals surface area contributed by atoms with E-state index in [-0.39, 0.29) is 34.5 Å². The third-order valence-electron chi connectivity index (χ3n) is 3.80. The highest BCUT2D eigenvalue weighted by molar-refractivity contribution is 6.33. The number of amides is 4. The van der Waals surface area contributed by atoms with Crippen molar-refractivity contribution in [1.82, 2.24) is 10.6 Å². The van der Waals surface area contributed by atoms with E-state index in [1.165, 1.54) is 37.5 Å². The molecule has 9 heteroatoms. The van der Waals surface area contributed by atoms with E-state index in [0.717, 1.165) is 5.56 Å². The summed E-state index contributed by atoms with van der Waals surface area (Å²) in [5.41, 5.74) is 0.870. The van der Waals surface area contributed by atoms with Crippen molar-refractivity contribution in [3.05, 3.63) is 63.9 Å². The molecule has 0 atom stereocenters. The smallest absolute Gasteiger partial charge is 0.328 e. The van der Waals surface area contributed by atoms with Crippen molar-refractivity contribution in [2.24, 2.45) is 0 Å². The Morgan fingerprint density at radius 2 is 1.71 bits per heavy atom. The van der Waals surface area contributed by atoms with E-state index < -0.39 is 17.8 Å². The summed E-state index contributed by atoms with van der Waals surface area (Å²) < 4.78 is 23.9. The molecule has 1 saturated heterocycles. The second kappa shape index (κ2) is 8.10. The average Bonchev–Trinajstić information content (AvgIpc) is 2.64. The first-order valence-electron chi connectivity index (χ1n) is 8.00. The molecule has 3 rings (SSSR count). The number of hydrogen-bond acceptors (Lipinski definition) is 5. The number of imide groups is 2. The third kappa shape index (κ3) is 4.29. The van der Waals surface area contributed by atoms with Crippen molar-refractivity contribution < 1.29 is 28.2 Å². The number of hydrogen-bond donors (Lipinski definition) is 2. The molecular weight excluding hydrogens is 391 g/mol. The van der Waals surface area contributed by atoms with Crippen molar-refractivity contribution in [3.63, 3.8) is 0 Å². The lowest BCUT2D eigenvalue weighted by molar-refractivity contribution is -0.123. The highest BCUT2D eigenvalue weighted by Gasteiger charge is 2.27. The number of ether oxygens (including phenoxy) is 2. The molecule has 0 radical (unpaired) electrons. The summed E-state index contributed by atoms with van der Waals surface area (Å²) in [6, 6.07) is 7.92. The molecule has 1 aliphatic rings. The standard InChI is InChI=1S/C19H14ClFN2O5/c1-27-15-8-11(6-13-17(24)22-19(26)23-18(13)25)7-14(20)16(15)28-9-10-2-4-12(21)5-3-10/h2-8H,9H2,1H3,(H2,22,23,24,25,26). The molecule has 28 heavy (non-hydrogen) atoms. The zero-order valence-corrected chi connectivity index (χ0v) is 15.3. The van der Waals surface area contributed by atoms with E-state index in [1.807, 2.05) is 10.6 Å². The topological polar surface area (TPSA) is 93.7 Å². The van der Waals surface area contributed by atoms with E-state index in [0.29, 0.717) is 5.56 Å². The molecule has 2 aromatic carbocycles. The van der Waals surface area contributed by atoms with Crippen molar-refractivity contribution in [1.29, 1.82) is 0 Å². The zero-order chi connectivity index (χ0) is 20.3. The Bertz CT molecular complexity index is 967. The second-order valence-corrected chi connectivity index (χ2v) is 6.15. The molecule has 1 aliphatic heterocycles. The van der Waals surface area contributed by atoms with E-state index in [1.54, 1.807) is 12.1 Å². The SMILES string of the molecule is COc1cc(C=C2C(=O)NC(=O)NC2=O)cc(Cl)c1OCc1ccc(F)cc1. The number of rotatable bonds is 5. The Morgan fingerprint density at radius 3 is 2.32 bits per heavy atom. The quantitative estimate of drug-likeness (QED) is 0.590. The maximum Gasteiger partial charge on any atom is 0.328 e. The first-order chi connectivity index (χ1) is 13.4. The van der Waals surface area contributed by atoms with Gasteiger partial charge in [-0.1, -0.05) is 23.7 Å². The maximum absolute atomic E-state index is 13.0. The van der Waals surface area contributed by atoms with Crippen LogP contribution >= 0.6 is 11.6 Å². The van der Waals surface area contributed by atoms with Crippen LogP contribution in [0, 0.1) is 5.82 Å². The molecule has 0 aromatic heterocycles. The highest BCUT2D eigenvalue weighted by atomic mass is 35.5. The third-order valence-corrected chi connectivity index (χ3v) is 4.08. The number of nitrogens with one attached hydrogen (secondary N) is 2. The summed E-state index contributed by atoms with van der Waals surface area (Å²) in [6.07, 6.45) is 1.27. The number of benzene rings is 2. The van der Waals surface area contributed by atoms with Gasteiger partial charge in [0, 0.05) is 0 Å². The van der Waals surface area contributed by atoms with Gasteiger partial charge in [0.1, 0.15) is 18.0 Å². The van der Waals surface area contributed by atoms with Gasteiger partial charge in [-0.3, -0.25) is 20.2 Å². The Kier molecular flexibility index (Phi) is 5.60. The maximum atomic E-state index is 13.0. The molecule has 144 valence electrons. The van der Waals surface area contributed by atoms with E-state index in [9.17, 15) is 18.8 Å². The summed E-state index contributed by atoms with van der Waals surface area (Å²) in [4.78, 5) is 34.8. The molecule has 4 amide bonds. The van der Waals surface area contributed by atoms with Gasteiger partial charge in [-0.15, -0.1) is 0 Å². The number of carbonyl (C=O) groups is 3. The van der Waals surface area contributed by atoms with Crippen molar-refractivity contribution in [3.8, 4) is 11.5 Å². The molecule has 1 heterocycles. The molecule has 7 nitrogen and oxygen atoms in total. The Morgan fingerprint density at radius 1 is 1.07 bits per heavy atom. The van der Waals surface area contributed by atoms with Crippen molar-refractivity contribution in [2.45, 2.75) is 6.61 Å². The lowest BCUT2D eigenvalue weighted by Crippen LogP contribution is -2.51. The van der Waals surface area contributed by atoms with Gasteiger partial charge in [0.05, 0.1) is 12.1 Å². The Balaban J connectivity index is 1.86. The van der Waals surface area contributed by atoms with Gasteiger partial charge < -0.3 is 9.47 Å². The second-order valence-electron chi connectivity index (χ2n) is 5.74. The molecule has 2 aromatic rings. The molecule has 0 unspecified atom stereocenters. The van der Waals surface area contributed by atoms with Crippen LogP contribution in [0.4, 0.5) is 9.18 Å². The molecule has 0 spiro atoms. The summed E-state index contributed by atoms with van der Waals surface area (Å²) in [5, 5.41) is 4.15. The minimum atomic E-state index is -0.882. The number of barbiturate groups is 1. The number of halogens is 2. The molecule has 0 aliphatic carbocycles. The van der Waals surface area contributed by atoms with Gasteiger partial charge in [-0.05, 0) is 41.5 Å². The van der Waals surface area contributed by atoms with Crippen LogP contribution in [0.25, 0.3) is 6.08 Å². The minimum Gasteiger partial charge on any atom is -0.493 e. The molecule has 1 fully saturated rings. The van der Waals surface area contributed by atoms with Crippen LogP contribution in [0.2, 0.25) is 5.02 Å². The van der Waals surface area contributed by atoms with E-state index in [4.69, 9.17) is 21.1 Å². The number of urea groups is 1. The van der Waals surface area contributed by atoms with Gasteiger partial charge in [0.15, 0.2) is 11.5 Å². The predicted octanol–water partition coefficient (Wildman–Crippen LogP) is 2.82. The summed E-state index contributed by atoms with van der Waals surface area (Å²) >= 11 is 6.27. The normalized spacial score (nSPS) is 13.7. The first kappa shape index (κ1) is 19.4. The van der Waals surface area contributed by atoms with Gasteiger partial charge in [-0.2, -0.15) is 0 Å². The Hall–Kier alpha value is -3.39. The molecular formula is C19H14ClFN2O5. The largest absolute Gasteiger partial charge is 0.493 e. The van der Waals surface area contributed by atoms with Crippen LogP contribution in [-0.4, -0.2) is 25.0 Å². The van der Waals surface area contributed by atoms with Crippen LogP contribution in [0.5, 0.6) is 11.5 Å². The van der Waals surface area contributed by atoms with Crippen LogP contribution in [0.15, 0.2) is 42.0 Å².